The molecule has 3 rings (SSSR count). The van der Waals surface area contributed by atoms with Crippen molar-refractivity contribution >= 4 is 112 Å². The fourth-order valence-corrected chi connectivity index (χ4v) is 7.76. The maximum Gasteiger partial charge on any atom is 0.147 e. The normalized spacial score (nSPS) is 12.0. The second-order valence-corrected chi connectivity index (χ2v) is 12.6. The molecule has 0 spiro atoms. The van der Waals surface area contributed by atoms with Gasteiger partial charge in [-0.05, 0) is 143 Å². The van der Waals surface area contributed by atoms with Crippen LogP contribution in [0.5, 0.6) is 17.2 Å². The quantitative estimate of drug-likeness (QED) is 0.249. The zero-order valence-electron chi connectivity index (χ0n) is 15.8. The number of phenolic OH excluding ortho intramolecular Hbond substituents is 1. The van der Waals surface area contributed by atoms with E-state index < -0.39 is 6.10 Å². The molecule has 0 aliphatic heterocycles. The molecule has 0 saturated carbocycles. The predicted octanol–water partition coefficient (Wildman–Crippen LogP) is 9.22. The van der Waals surface area contributed by atoms with Crippen LogP contribution in [0, 0.1) is 0 Å². The van der Waals surface area contributed by atoms with E-state index in [1.807, 2.05) is 36.4 Å². The first-order valence-corrected chi connectivity index (χ1v) is 14.4. The van der Waals surface area contributed by atoms with E-state index in [4.69, 9.17) is 9.47 Å². The van der Waals surface area contributed by atoms with Crippen LogP contribution in [0.2, 0.25) is 0 Å². The lowest BCUT2D eigenvalue weighted by Crippen LogP contribution is -2.25. The van der Waals surface area contributed by atoms with Crippen LogP contribution >= 0.6 is 112 Å². The summed E-state index contributed by atoms with van der Waals surface area (Å²) >= 11 is 24.1. The molecule has 1 atom stereocenters. The maximum absolute atomic E-state index is 10.4. The third-order valence-electron chi connectivity index (χ3n) is 4.15. The van der Waals surface area contributed by atoms with E-state index in [1.54, 1.807) is 0 Å². The van der Waals surface area contributed by atoms with Crippen molar-refractivity contribution in [2.75, 3.05) is 13.2 Å². The van der Waals surface area contributed by atoms with E-state index in [0.717, 1.165) is 24.5 Å². The first kappa shape index (κ1) is 27.0. The summed E-state index contributed by atoms with van der Waals surface area (Å²) in [4.78, 5) is 0. The number of hydrogen-bond donors (Lipinski definition) is 2. The second-order valence-electron chi connectivity index (χ2n) is 6.53. The number of rotatable bonds is 7. The average molecular weight is 889 g/mol. The van der Waals surface area contributed by atoms with Crippen LogP contribution in [-0.4, -0.2) is 29.5 Å². The molecule has 3 aromatic carbocycles. The number of halogens is 7. The maximum atomic E-state index is 10.4. The number of ether oxygens (including phenoxy) is 2. The van der Waals surface area contributed by atoms with Crippen molar-refractivity contribution in [3.8, 4) is 28.4 Å². The average Bonchev–Trinajstić information content (AvgIpc) is 2.70. The molecule has 0 radical (unpaired) electrons. The number of benzene rings is 3. The van der Waals surface area contributed by atoms with Crippen LogP contribution in [0.3, 0.4) is 0 Å². The highest BCUT2D eigenvalue weighted by Gasteiger charge is 2.16. The summed E-state index contributed by atoms with van der Waals surface area (Å²) in [5.74, 6) is 1.31. The third kappa shape index (κ3) is 6.74. The lowest BCUT2D eigenvalue weighted by Gasteiger charge is -2.17. The molecule has 0 fully saturated rings. The molecule has 0 aromatic heterocycles. The zero-order chi connectivity index (χ0) is 23.6. The van der Waals surface area contributed by atoms with Gasteiger partial charge in [-0.2, -0.15) is 0 Å². The zero-order valence-corrected chi connectivity index (χ0v) is 26.9. The van der Waals surface area contributed by atoms with Crippen molar-refractivity contribution in [3.63, 3.8) is 0 Å². The van der Waals surface area contributed by atoms with Crippen LogP contribution in [-0.2, 0) is 0 Å². The van der Waals surface area contributed by atoms with Gasteiger partial charge in [0, 0.05) is 4.47 Å². The highest BCUT2D eigenvalue weighted by molar-refractivity contribution is 9.12. The van der Waals surface area contributed by atoms with Gasteiger partial charge in [0.1, 0.15) is 36.6 Å². The summed E-state index contributed by atoms with van der Waals surface area (Å²) in [6.45, 7) is 0.0976. The standard InChI is InChI=1S/C21H13Br7O4/c22-11-5-17(27)21(18(28)6-11)32-8-12(29)7-31-20-15(25)3-10(4-16(20)26)9-1-13(23)19(30)14(24)2-9/h1-6,12,29-30H,7-8H2. The van der Waals surface area contributed by atoms with Crippen LogP contribution in [0.25, 0.3) is 11.1 Å². The van der Waals surface area contributed by atoms with Gasteiger partial charge < -0.3 is 19.7 Å². The number of phenols is 1. The van der Waals surface area contributed by atoms with Gasteiger partial charge in [0.25, 0.3) is 0 Å². The SMILES string of the molecule is Oc1c(Br)cc(-c2cc(Br)c(OCC(O)COc3c(Br)cc(Br)cc3Br)c(Br)c2)cc1Br. The van der Waals surface area contributed by atoms with Gasteiger partial charge in [0.2, 0.25) is 0 Å². The predicted molar refractivity (Wildman–Crippen MR) is 151 cm³/mol. The van der Waals surface area contributed by atoms with Crippen molar-refractivity contribution in [2.24, 2.45) is 0 Å². The summed E-state index contributed by atoms with van der Waals surface area (Å²) < 4.78 is 16.6. The second kappa shape index (κ2) is 11.9. The molecule has 170 valence electrons. The number of aliphatic hydroxyl groups excluding tert-OH is 1. The van der Waals surface area contributed by atoms with Gasteiger partial charge in [-0.15, -0.1) is 0 Å². The minimum absolute atomic E-state index is 0.0403. The van der Waals surface area contributed by atoms with Gasteiger partial charge >= 0.3 is 0 Å². The molecule has 0 aliphatic rings. The highest BCUT2D eigenvalue weighted by Crippen LogP contribution is 2.42. The van der Waals surface area contributed by atoms with Crippen LogP contribution in [0.4, 0.5) is 0 Å². The Balaban J connectivity index is 1.68. The minimum atomic E-state index is -0.847. The van der Waals surface area contributed by atoms with E-state index in [0.29, 0.717) is 29.4 Å². The minimum Gasteiger partial charge on any atom is -0.506 e. The topological polar surface area (TPSA) is 58.9 Å². The summed E-state index contributed by atoms with van der Waals surface area (Å²) in [5.41, 5.74) is 1.81. The molecule has 0 aliphatic carbocycles. The van der Waals surface area contributed by atoms with Crippen LogP contribution < -0.4 is 9.47 Å². The number of hydrogen-bond acceptors (Lipinski definition) is 4. The monoisotopic (exact) mass is 882 g/mol. The Labute approximate surface area is 244 Å². The number of aliphatic hydroxyl groups is 1. The molecule has 0 saturated heterocycles. The van der Waals surface area contributed by atoms with E-state index in [9.17, 15) is 10.2 Å². The van der Waals surface area contributed by atoms with Gasteiger partial charge in [0.05, 0.1) is 26.8 Å². The summed E-state index contributed by atoms with van der Waals surface area (Å²) in [7, 11) is 0. The van der Waals surface area contributed by atoms with Crippen molar-refractivity contribution in [1.82, 2.24) is 0 Å². The molecule has 0 amide bonds. The summed E-state index contributed by atoms with van der Waals surface area (Å²) in [6, 6.07) is 11.2. The Kier molecular flexibility index (Phi) is 10.0. The Hall–Kier alpha value is 0.380. The van der Waals surface area contributed by atoms with Crippen molar-refractivity contribution in [1.29, 1.82) is 0 Å². The van der Waals surface area contributed by atoms with Crippen LogP contribution in [0.15, 0.2) is 67.7 Å². The van der Waals surface area contributed by atoms with E-state index in [2.05, 4.69) is 112 Å². The Morgan fingerprint density at radius 3 is 1.34 bits per heavy atom. The molecule has 0 bridgehead atoms. The Morgan fingerprint density at radius 1 is 0.594 bits per heavy atom. The van der Waals surface area contributed by atoms with Crippen molar-refractivity contribution in [2.45, 2.75) is 6.10 Å². The molecular formula is C21H13Br7O4. The van der Waals surface area contributed by atoms with Gasteiger partial charge in [0.15, 0.2) is 0 Å². The van der Waals surface area contributed by atoms with Crippen molar-refractivity contribution < 1.29 is 19.7 Å². The van der Waals surface area contributed by atoms with E-state index >= 15 is 0 Å². The lowest BCUT2D eigenvalue weighted by molar-refractivity contribution is 0.0616. The van der Waals surface area contributed by atoms with Crippen molar-refractivity contribution in [3.05, 3.63) is 67.7 Å². The Morgan fingerprint density at radius 2 is 0.938 bits per heavy atom. The third-order valence-corrected chi connectivity index (χ3v) is 8.17. The lowest BCUT2D eigenvalue weighted by atomic mass is 10.1. The number of aromatic hydroxyl groups is 1. The van der Waals surface area contributed by atoms with E-state index in [1.165, 1.54) is 0 Å². The molecule has 32 heavy (non-hydrogen) atoms. The fourth-order valence-electron chi connectivity index (χ4n) is 2.67. The summed E-state index contributed by atoms with van der Waals surface area (Å²) in [6.07, 6.45) is -0.847. The molecule has 3 aromatic rings. The Bertz CT molecular complexity index is 1080. The highest BCUT2D eigenvalue weighted by atomic mass is 79.9. The largest absolute Gasteiger partial charge is 0.506 e. The van der Waals surface area contributed by atoms with E-state index in [-0.39, 0.29) is 19.0 Å². The summed E-state index contributed by atoms with van der Waals surface area (Å²) in [5, 5.41) is 20.3. The fraction of sp³-hybridized carbons (Fsp3) is 0.143. The molecule has 1 unspecified atom stereocenters. The molecule has 4 nitrogen and oxygen atoms in total. The molecule has 2 N–H and O–H groups in total. The molecule has 11 heteroatoms. The molecular weight excluding hydrogens is 876 g/mol. The van der Waals surface area contributed by atoms with Gasteiger partial charge in [-0.1, -0.05) is 15.9 Å². The van der Waals surface area contributed by atoms with Gasteiger partial charge in [-0.3, -0.25) is 0 Å². The van der Waals surface area contributed by atoms with Gasteiger partial charge in [-0.25, -0.2) is 0 Å². The smallest absolute Gasteiger partial charge is 0.147 e. The first-order chi connectivity index (χ1) is 15.1. The molecule has 0 heterocycles. The van der Waals surface area contributed by atoms with Crippen LogP contribution in [0.1, 0.15) is 0 Å². The first-order valence-electron chi connectivity index (χ1n) is 8.82.